The van der Waals surface area contributed by atoms with Crippen molar-refractivity contribution in [3.8, 4) is 6.07 Å². The smallest absolute Gasteiger partial charge is 0.327 e. The third-order valence-electron chi connectivity index (χ3n) is 5.44. The van der Waals surface area contributed by atoms with Gasteiger partial charge in [0, 0.05) is 11.8 Å². The molecule has 5 nitrogen and oxygen atoms in total. The van der Waals surface area contributed by atoms with Crippen LogP contribution in [-0.4, -0.2) is 24.1 Å². The van der Waals surface area contributed by atoms with E-state index < -0.39 is 22.9 Å². The minimum absolute atomic E-state index is 0.0764. The summed E-state index contributed by atoms with van der Waals surface area (Å²) in [6, 6.07) is 2.16. The van der Waals surface area contributed by atoms with Crippen LogP contribution in [0.15, 0.2) is 0 Å². The zero-order valence-corrected chi connectivity index (χ0v) is 12.7. The van der Waals surface area contributed by atoms with Gasteiger partial charge in [-0.1, -0.05) is 13.3 Å². The van der Waals surface area contributed by atoms with Crippen molar-refractivity contribution in [3.05, 3.63) is 0 Å². The molecule has 2 saturated carbocycles. The minimum atomic E-state index is -0.975. The first kappa shape index (κ1) is 14.4. The second-order valence-corrected chi connectivity index (χ2v) is 7.26. The van der Waals surface area contributed by atoms with Crippen molar-refractivity contribution in [1.82, 2.24) is 0 Å². The number of fused-ring (bicyclic) bond motifs is 1. The molecule has 5 unspecified atom stereocenters. The summed E-state index contributed by atoms with van der Waals surface area (Å²) in [4.78, 5) is 24.4. The molecule has 0 N–H and O–H groups in total. The van der Waals surface area contributed by atoms with E-state index >= 15 is 0 Å². The molecule has 1 heterocycles. The number of ether oxygens (including phenoxy) is 2. The molecule has 3 rings (SSSR count). The van der Waals surface area contributed by atoms with Crippen LogP contribution in [0, 0.1) is 34.0 Å². The fourth-order valence-electron chi connectivity index (χ4n) is 4.30. The van der Waals surface area contributed by atoms with Crippen LogP contribution < -0.4 is 0 Å². The van der Waals surface area contributed by atoms with E-state index in [2.05, 4.69) is 6.07 Å². The molecule has 2 aliphatic carbocycles. The van der Waals surface area contributed by atoms with Gasteiger partial charge in [-0.15, -0.1) is 0 Å². The highest BCUT2D eigenvalue weighted by Gasteiger charge is 2.72. The molecule has 21 heavy (non-hydrogen) atoms. The fraction of sp³-hybridized carbons (Fsp3) is 0.812. The van der Waals surface area contributed by atoms with Crippen molar-refractivity contribution in [2.75, 3.05) is 0 Å². The van der Waals surface area contributed by atoms with E-state index in [4.69, 9.17) is 9.47 Å². The molecule has 1 saturated heterocycles. The zero-order valence-electron chi connectivity index (χ0n) is 12.7. The van der Waals surface area contributed by atoms with Gasteiger partial charge in [-0.25, -0.2) is 0 Å². The summed E-state index contributed by atoms with van der Waals surface area (Å²) in [5, 5.41) is 9.34. The molecule has 114 valence electrons. The SMILES string of the molecule is CCCC(C)(C)C(=O)OC1C2CC3C1OC(=O)C3(C#N)C2. The van der Waals surface area contributed by atoms with Crippen molar-refractivity contribution in [1.29, 1.82) is 5.26 Å². The van der Waals surface area contributed by atoms with Crippen molar-refractivity contribution >= 4 is 11.9 Å². The van der Waals surface area contributed by atoms with Gasteiger partial charge < -0.3 is 9.47 Å². The molecule has 1 aliphatic heterocycles. The van der Waals surface area contributed by atoms with Crippen LogP contribution in [0.3, 0.4) is 0 Å². The summed E-state index contributed by atoms with van der Waals surface area (Å²) in [5.74, 6) is -0.680. The van der Waals surface area contributed by atoms with E-state index in [1.807, 2.05) is 20.8 Å². The summed E-state index contributed by atoms with van der Waals surface area (Å²) in [5.41, 5.74) is -1.50. The van der Waals surface area contributed by atoms with Crippen LogP contribution in [-0.2, 0) is 19.1 Å². The molecule has 5 atom stereocenters. The topological polar surface area (TPSA) is 76.4 Å². The van der Waals surface area contributed by atoms with Gasteiger partial charge in [-0.05, 0) is 33.1 Å². The Morgan fingerprint density at radius 2 is 2.29 bits per heavy atom. The maximum absolute atomic E-state index is 12.4. The molecule has 0 amide bonds. The van der Waals surface area contributed by atoms with Crippen molar-refractivity contribution < 1.29 is 19.1 Å². The third-order valence-corrected chi connectivity index (χ3v) is 5.44. The molecular formula is C16H21NO4. The number of hydrogen-bond acceptors (Lipinski definition) is 5. The number of nitrogens with zero attached hydrogens (tertiary/aromatic N) is 1. The normalized spacial score (nSPS) is 40.0. The Hall–Kier alpha value is -1.57. The number of esters is 2. The van der Waals surface area contributed by atoms with Gasteiger partial charge >= 0.3 is 11.9 Å². The van der Waals surface area contributed by atoms with Gasteiger partial charge in [-0.3, -0.25) is 9.59 Å². The van der Waals surface area contributed by atoms with Gasteiger partial charge in [0.1, 0.15) is 12.2 Å². The number of hydrogen-bond donors (Lipinski definition) is 0. The second-order valence-electron chi connectivity index (χ2n) is 7.26. The van der Waals surface area contributed by atoms with Crippen LogP contribution in [0.2, 0.25) is 0 Å². The lowest BCUT2D eigenvalue weighted by molar-refractivity contribution is -0.170. The minimum Gasteiger partial charge on any atom is -0.458 e. The standard InChI is InChI=1S/C16H21NO4/c1-4-5-15(2,3)13(18)20-11-9-6-10-12(11)21-14(19)16(10,7-9)8-17/h9-12H,4-7H2,1-3H3. The van der Waals surface area contributed by atoms with Gasteiger partial charge in [0.05, 0.1) is 11.5 Å². The highest BCUT2D eigenvalue weighted by Crippen LogP contribution is 2.62. The molecule has 3 aliphatic rings. The largest absolute Gasteiger partial charge is 0.458 e. The monoisotopic (exact) mass is 291 g/mol. The lowest BCUT2D eigenvalue weighted by Crippen LogP contribution is -2.42. The Bertz CT molecular complexity index is 535. The number of carbonyl (C=O) groups excluding carboxylic acids is 2. The first-order valence-corrected chi connectivity index (χ1v) is 7.69. The molecule has 5 heteroatoms. The molecule has 0 radical (unpaired) electrons. The van der Waals surface area contributed by atoms with Crippen LogP contribution in [0.1, 0.15) is 46.5 Å². The van der Waals surface area contributed by atoms with E-state index in [0.29, 0.717) is 6.42 Å². The van der Waals surface area contributed by atoms with E-state index in [9.17, 15) is 14.9 Å². The molecule has 2 bridgehead atoms. The highest BCUT2D eigenvalue weighted by atomic mass is 16.6. The second kappa shape index (κ2) is 4.46. The predicted molar refractivity (Wildman–Crippen MR) is 72.7 cm³/mol. The van der Waals surface area contributed by atoms with Gasteiger partial charge in [0.2, 0.25) is 0 Å². The maximum Gasteiger partial charge on any atom is 0.327 e. The van der Waals surface area contributed by atoms with Crippen LogP contribution >= 0.6 is 0 Å². The quantitative estimate of drug-likeness (QED) is 0.742. The van der Waals surface area contributed by atoms with Gasteiger partial charge in [0.25, 0.3) is 0 Å². The Morgan fingerprint density at radius 3 is 2.90 bits per heavy atom. The Kier molecular flexibility index (Phi) is 3.05. The number of carbonyl (C=O) groups is 2. The molecule has 3 fully saturated rings. The summed E-state index contributed by atoms with van der Waals surface area (Å²) >= 11 is 0. The van der Waals surface area contributed by atoms with Crippen molar-refractivity contribution in [3.63, 3.8) is 0 Å². The summed E-state index contributed by atoms with van der Waals surface area (Å²) in [6.07, 6.45) is 2.10. The first-order chi connectivity index (χ1) is 9.85. The maximum atomic E-state index is 12.4. The van der Waals surface area contributed by atoms with E-state index in [0.717, 1.165) is 19.3 Å². The first-order valence-electron chi connectivity index (χ1n) is 7.69. The van der Waals surface area contributed by atoms with Crippen molar-refractivity contribution in [2.24, 2.45) is 22.7 Å². The Balaban J connectivity index is 1.76. The van der Waals surface area contributed by atoms with E-state index in [1.54, 1.807) is 0 Å². The summed E-state index contributed by atoms with van der Waals surface area (Å²) in [6.45, 7) is 5.80. The average Bonchev–Trinajstić information content (AvgIpc) is 3.00. The number of rotatable bonds is 4. The summed E-state index contributed by atoms with van der Waals surface area (Å²) < 4.78 is 11.1. The average molecular weight is 291 g/mol. The van der Waals surface area contributed by atoms with Crippen molar-refractivity contribution in [2.45, 2.75) is 58.7 Å². The zero-order chi connectivity index (χ0) is 15.4. The molecular weight excluding hydrogens is 270 g/mol. The Morgan fingerprint density at radius 1 is 1.57 bits per heavy atom. The fourth-order valence-corrected chi connectivity index (χ4v) is 4.30. The lowest BCUT2D eigenvalue weighted by atomic mass is 9.74. The Labute approximate surface area is 124 Å². The third kappa shape index (κ3) is 1.81. The predicted octanol–water partition coefficient (Wildman–Crippen LogP) is 2.20. The van der Waals surface area contributed by atoms with Crippen LogP contribution in [0.4, 0.5) is 0 Å². The lowest BCUT2D eigenvalue weighted by Gasteiger charge is -2.31. The molecule has 0 aromatic heterocycles. The van der Waals surface area contributed by atoms with Crippen LogP contribution in [0.25, 0.3) is 0 Å². The van der Waals surface area contributed by atoms with Gasteiger partial charge in [-0.2, -0.15) is 5.26 Å². The number of nitriles is 1. The highest BCUT2D eigenvalue weighted by molar-refractivity contribution is 5.84. The molecule has 0 aromatic rings. The van der Waals surface area contributed by atoms with E-state index in [1.165, 1.54) is 0 Å². The summed E-state index contributed by atoms with van der Waals surface area (Å²) in [7, 11) is 0. The van der Waals surface area contributed by atoms with Crippen LogP contribution in [0.5, 0.6) is 0 Å². The van der Waals surface area contributed by atoms with E-state index in [-0.39, 0.29) is 23.9 Å². The molecule has 0 spiro atoms. The van der Waals surface area contributed by atoms with Gasteiger partial charge in [0.15, 0.2) is 5.41 Å². The molecule has 0 aromatic carbocycles.